The molecule has 2 aromatic carbocycles. The molecule has 26 heavy (non-hydrogen) atoms. The van der Waals surface area contributed by atoms with Crippen LogP contribution in [-0.4, -0.2) is 25.3 Å². The van der Waals surface area contributed by atoms with Crippen LogP contribution in [0.1, 0.15) is 12.5 Å². The molecule has 0 aliphatic heterocycles. The van der Waals surface area contributed by atoms with Crippen molar-refractivity contribution in [3.8, 4) is 11.5 Å². The smallest absolute Gasteiger partial charge is 0.277 e. The van der Waals surface area contributed by atoms with Crippen LogP contribution in [-0.2, 0) is 4.79 Å². The number of amides is 1. The van der Waals surface area contributed by atoms with E-state index in [1.165, 1.54) is 7.11 Å². The summed E-state index contributed by atoms with van der Waals surface area (Å²) in [5, 5.41) is 4.03. The summed E-state index contributed by atoms with van der Waals surface area (Å²) < 4.78 is 12.3. The van der Waals surface area contributed by atoms with Gasteiger partial charge in [0.25, 0.3) is 5.91 Å². The quantitative estimate of drug-likeness (QED) is 0.456. The second-order valence-electron chi connectivity index (χ2n) is 5.24. The zero-order chi connectivity index (χ0) is 18.9. The Morgan fingerprint density at radius 2 is 1.96 bits per heavy atom. The molecule has 0 radical (unpaired) electrons. The first-order chi connectivity index (χ1) is 12.5. The lowest BCUT2D eigenvalue weighted by Gasteiger charge is -2.12. The number of nitrogens with zero attached hydrogens (tertiary/aromatic N) is 1. The van der Waals surface area contributed by atoms with Crippen molar-refractivity contribution in [2.24, 2.45) is 5.10 Å². The van der Waals surface area contributed by atoms with Crippen LogP contribution >= 0.6 is 31.9 Å². The Bertz CT molecular complexity index is 821. The Labute approximate surface area is 169 Å². The summed E-state index contributed by atoms with van der Waals surface area (Å²) in [6.45, 7) is 1.62. The molecule has 0 saturated carbocycles. The van der Waals surface area contributed by atoms with Gasteiger partial charge in [-0.25, -0.2) is 5.43 Å². The third-order valence-corrected chi connectivity index (χ3v) is 4.26. The van der Waals surface area contributed by atoms with E-state index in [1.54, 1.807) is 13.0 Å². The first kappa shape index (κ1) is 20.2. The SMILES string of the molecule is COc1cc(Br)cc(Br)c1OCC(=O)N/N=C(C)\C=C\c1ccccc1. The maximum atomic E-state index is 11.9. The normalized spacial score (nSPS) is 11.5. The van der Waals surface area contributed by atoms with E-state index in [4.69, 9.17) is 9.47 Å². The highest BCUT2D eigenvalue weighted by atomic mass is 79.9. The number of hydrazone groups is 1. The highest BCUT2D eigenvalue weighted by molar-refractivity contribution is 9.11. The summed E-state index contributed by atoms with van der Waals surface area (Å²) in [5.74, 6) is 0.606. The van der Waals surface area contributed by atoms with E-state index in [2.05, 4.69) is 42.4 Å². The van der Waals surface area contributed by atoms with Crippen molar-refractivity contribution < 1.29 is 14.3 Å². The lowest BCUT2D eigenvalue weighted by atomic mass is 10.2. The van der Waals surface area contributed by atoms with Crippen LogP contribution in [0.3, 0.4) is 0 Å². The molecule has 0 atom stereocenters. The van der Waals surface area contributed by atoms with Gasteiger partial charge in [0.15, 0.2) is 18.1 Å². The van der Waals surface area contributed by atoms with Gasteiger partial charge in [-0.3, -0.25) is 4.79 Å². The van der Waals surface area contributed by atoms with E-state index in [0.717, 1.165) is 10.0 Å². The number of nitrogens with one attached hydrogen (secondary N) is 1. The highest BCUT2D eigenvalue weighted by Crippen LogP contribution is 2.38. The standard InChI is InChI=1S/C19H18Br2N2O3/c1-13(8-9-14-6-4-3-5-7-14)22-23-18(24)12-26-19-16(21)10-15(20)11-17(19)25-2/h3-11H,12H2,1-2H3,(H,23,24)/b9-8+,22-13-. The molecule has 0 fully saturated rings. The minimum Gasteiger partial charge on any atom is -0.493 e. The molecule has 0 unspecified atom stereocenters. The number of halogens is 2. The number of ether oxygens (including phenoxy) is 2. The van der Waals surface area contributed by atoms with Crippen molar-refractivity contribution in [3.05, 3.63) is 63.0 Å². The number of hydrogen-bond donors (Lipinski definition) is 1. The summed E-state index contributed by atoms with van der Waals surface area (Å²) >= 11 is 6.76. The molecule has 5 nitrogen and oxygen atoms in total. The molecule has 7 heteroatoms. The summed E-state index contributed by atoms with van der Waals surface area (Å²) in [6, 6.07) is 13.4. The van der Waals surface area contributed by atoms with Crippen molar-refractivity contribution in [3.63, 3.8) is 0 Å². The maximum Gasteiger partial charge on any atom is 0.277 e. The molecule has 2 aromatic rings. The molecule has 0 aliphatic rings. The molecular weight excluding hydrogens is 464 g/mol. The molecule has 1 N–H and O–H groups in total. The Morgan fingerprint density at radius 1 is 1.23 bits per heavy atom. The number of benzene rings is 2. The first-order valence-corrected chi connectivity index (χ1v) is 9.30. The number of carbonyl (C=O) groups excluding carboxylic acids is 1. The molecule has 1 amide bonds. The minimum atomic E-state index is -0.366. The van der Waals surface area contributed by atoms with E-state index in [0.29, 0.717) is 21.7 Å². The van der Waals surface area contributed by atoms with Gasteiger partial charge in [0, 0.05) is 4.47 Å². The molecule has 2 rings (SSSR count). The van der Waals surface area contributed by atoms with Gasteiger partial charge in [-0.15, -0.1) is 0 Å². The predicted octanol–water partition coefficient (Wildman–Crippen LogP) is 4.80. The van der Waals surface area contributed by atoms with Crippen LogP contribution in [0.25, 0.3) is 6.08 Å². The third-order valence-electron chi connectivity index (χ3n) is 3.22. The zero-order valence-electron chi connectivity index (χ0n) is 14.3. The van der Waals surface area contributed by atoms with Gasteiger partial charge in [-0.1, -0.05) is 52.3 Å². The number of carbonyl (C=O) groups is 1. The average molecular weight is 482 g/mol. The van der Waals surface area contributed by atoms with Crippen molar-refractivity contribution in [1.82, 2.24) is 5.43 Å². The Kier molecular flexibility index (Phi) is 7.87. The van der Waals surface area contributed by atoms with E-state index in [9.17, 15) is 4.79 Å². The third kappa shape index (κ3) is 6.31. The fourth-order valence-electron chi connectivity index (χ4n) is 1.97. The summed E-state index contributed by atoms with van der Waals surface area (Å²) in [7, 11) is 1.54. The van der Waals surface area contributed by atoms with Crippen LogP contribution < -0.4 is 14.9 Å². The molecular formula is C19H18Br2N2O3. The molecule has 0 heterocycles. The van der Waals surface area contributed by atoms with Gasteiger partial charge >= 0.3 is 0 Å². The van der Waals surface area contributed by atoms with Gasteiger partial charge in [-0.2, -0.15) is 5.10 Å². The van der Waals surface area contributed by atoms with Gasteiger partial charge in [0.05, 0.1) is 17.3 Å². The fourth-order valence-corrected chi connectivity index (χ4v) is 3.27. The van der Waals surface area contributed by atoms with Gasteiger partial charge in [0.1, 0.15) is 0 Å². The molecule has 0 bridgehead atoms. The minimum absolute atomic E-state index is 0.185. The molecule has 0 spiro atoms. The molecule has 0 aromatic heterocycles. The Balaban J connectivity index is 1.90. The predicted molar refractivity (Wildman–Crippen MR) is 111 cm³/mol. The van der Waals surface area contributed by atoms with Crippen molar-refractivity contribution >= 4 is 49.6 Å². The highest BCUT2D eigenvalue weighted by Gasteiger charge is 2.12. The fraction of sp³-hybridized carbons (Fsp3) is 0.158. The van der Waals surface area contributed by atoms with Crippen LogP contribution in [0.2, 0.25) is 0 Å². The van der Waals surface area contributed by atoms with E-state index < -0.39 is 0 Å². The first-order valence-electron chi connectivity index (χ1n) is 7.71. The second-order valence-corrected chi connectivity index (χ2v) is 7.01. The van der Waals surface area contributed by atoms with E-state index >= 15 is 0 Å². The van der Waals surface area contributed by atoms with Crippen molar-refractivity contribution in [2.75, 3.05) is 13.7 Å². The molecule has 0 aliphatic carbocycles. The van der Waals surface area contributed by atoms with Crippen LogP contribution in [0.15, 0.2) is 62.6 Å². The lowest BCUT2D eigenvalue weighted by molar-refractivity contribution is -0.123. The number of rotatable bonds is 7. The Hall–Kier alpha value is -2.12. The summed E-state index contributed by atoms with van der Waals surface area (Å²) in [5.41, 5.74) is 4.19. The van der Waals surface area contributed by atoms with Crippen LogP contribution in [0, 0.1) is 0 Å². The number of hydrogen-bond acceptors (Lipinski definition) is 4. The number of allylic oxidation sites excluding steroid dienone is 1. The molecule has 0 saturated heterocycles. The number of methoxy groups -OCH3 is 1. The van der Waals surface area contributed by atoms with E-state index in [1.807, 2.05) is 48.6 Å². The largest absolute Gasteiger partial charge is 0.493 e. The van der Waals surface area contributed by atoms with Gasteiger partial charge in [0.2, 0.25) is 0 Å². The summed E-state index contributed by atoms with van der Waals surface area (Å²) in [6.07, 6.45) is 3.75. The van der Waals surface area contributed by atoms with Crippen LogP contribution in [0.4, 0.5) is 0 Å². The van der Waals surface area contributed by atoms with Gasteiger partial charge in [-0.05, 0) is 46.6 Å². The maximum absolute atomic E-state index is 11.9. The Morgan fingerprint density at radius 3 is 2.65 bits per heavy atom. The monoisotopic (exact) mass is 480 g/mol. The zero-order valence-corrected chi connectivity index (χ0v) is 17.5. The van der Waals surface area contributed by atoms with Crippen molar-refractivity contribution in [1.29, 1.82) is 0 Å². The molecule has 136 valence electrons. The van der Waals surface area contributed by atoms with Crippen molar-refractivity contribution in [2.45, 2.75) is 6.92 Å². The lowest BCUT2D eigenvalue weighted by Crippen LogP contribution is -2.25. The topological polar surface area (TPSA) is 59.9 Å². The average Bonchev–Trinajstić information content (AvgIpc) is 2.64. The van der Waals surface area contributed by atoms with Gasteiger partial charge < -0.3 is 9.47 Å². The van der Waals surface area contributed by atoms with E-state index in [-0.39, 0.29) is 12.5 Å². The summed E-state index contributed by atoms with van der Waals surface area (Å²) in [4.78, 5) is 11.9. The second kappa shape index (κ2) is 10.1. The van der Waals surface area contributed by atoms with Crippen LogP contribution in [0.5, 0.6) is 11.5 Å².